The second-order valence-electron chi connectivity index (χ2n) is 7.79. The van der Waals surface area contributed by atoms with E-state index in [-0.39, 0.29) is 6.61 Å². The van der Waals surface area contributed by atoms with Crippen LogP contribution in [0.15, 0.2) is 96.1 Å². The number of rotatable bonds is 11. The van der Waals surface area contributed by atoms with Crippen LogP contribution in [-0.4, -0.2) is 31.1 Å². The maximum atomic E-state index is 9.09. The monoisotopic (exact) mass is 445 g/mol. The van der Waals surface area contributed by atoms with Crippen molar-refractivity contribution >= 4 is 0 Å². The lowest BCUT2D eigenvalue weighted by Crippen LogP contribution is -2.38. The second-order valence-corrected chi connectivity index (χ2v) is 7.79. The molecular formula is C26H27N3O4. The number of hydrogen-bond acceptors (Lipinski definition) is 5. The van der Waals surface area contributed by atoms with Gasteiger partial charge in [0.1, 0.15) is 18.3 Å². The molecule has 0 amide bonds. The molecule has 170 valence electrons. The molecule has 0 aromatic heterocycles. The second kappa shape index (κ2) is 12.2. The molecule has 7 nitrogen and oxygen atoms in total. The van der Waals surface area contributed by atoms with E-state index in [0.29, 0.717) is 19.8 Å². The molecule has 1 aliphatic heterocycles. The Morgan fingerprint density at radius 1 is 0.697 bits per heavy atom. The topological polar surface area (TPSA) is 85.7 Å². The van der Waals surface area contributed by atoms with E-state index < -0.39 is 24.5 Å². The first-order valence-electron chi connectivity index (χ1n) is 11.0. The van der Waals surface area contributed by atoms with Crippen LogP contribution in [0, 0.1) is 0 Å². The van der Waals surface area contributed by atoms with Crippen molar-refractivity contribution in [2.24, 2.45) is 5.11 Å². The first kappa shape index (κ1) is 23.0. The van der Waals surface area contributed by atoms with E-state index in [1.807, 2.05) is 91.0 Å². The molecule has 1 saturated heterocycles. The van der Waals surface area contributed by atoms with Crippen molar-refractivity contribution in [3.63, 3.8) is 0 Å². The lowest BCUT2D eigenvalue weighted by Gasteiger charge is -2.24. The van der Waals surface area contributed by atoms with Gasteiger partial charge in [-0.05, 0) is 22.2 Å². The third-order valence-corrected chi connectivity index (χ3v) is 5.42. The summed E-state index contributed by atoms with van der Waals surface area (Å²) in [6, 6.07) is 29.7. The fourth-order valence-corrected chi connectivity index (χ4v) is 3.77. The normalized spacial score (nSPS) is 22.1. The average molecular weight is 446 g/mol. The number of nitrogens with zero attached hydrogens (tertiary/aromatic N) is 3. The minimum Gasteiger partial charge on any atom is -0.374 e. The first-order chi connectivity index (χ1) is 16.3. The number of ether oxygens (including phenoxy) is 4. The lowest BCUT2D eigenvalue weighted by molar-refractivity contribution is -0.0897. The van der Waals surface area contributed by atoms with E-state index in [1.54, 1.807) is 0 Å². The third kappa shape index (κ3) is 6.65. The maximum Gasteiger partial charge on any atom is 0.165 e. The zero-order valence-electron chi connectivity index (χ0n) is 18.3. The molecule has 3 aromatic carbocycles. The van der Waals surface area contributed by atoms with Gasteiger partial charge in [-0.2, -0.15) is 0 Å². The van der Waals surface area contributed by atoms with E-state index in [2.05, 4.69) is 10.0 Å². The quantitative estimate of drug-likeness (QED) is 0.224. The summed E-state index contributed by atoms with van der Waals surface area (Å²) in [6.45, 7) is 1.48. The Morgan fingerprint density at radius 2 is 1.18 bits per heavy atom. The Labute approximate surface area is 193 Å². The zero-order chi connectivity index (χ0) is 22.7. The van der Waals surface area contributed by atoms with E-state index in [1.165, 1.54) is 0 Å². The van der Waals surface area contributed by atoms with Crippen LogP contribution in [-0.2, 0) is 38.8 Å². The number of azide groups is 1. The Hall–Kier alpha value is -3.19. The Kier molecular flexibility index (Phi) is 8.47. The van der Waals surface area contributed by atoms with Crippen LogP contribution in [0.2, 0.25) is 0 Å². The summed E-state index contributed by atoms with van der Waals surface area (Å²) >= 11 is 0. The molecule has 1 heterocycles. The van der Waals surface area contributed by atoms with Gasteiger partial charge < -0.3 is 18.9 Å². The van der Waals surface area contributed by atoms with Gasteiger partial charge in [-0.15, -0.1) is 0 Å². The van der Waals surface area contributed by atoms with Gasteiger partial charge in [0.2, 0.25) is 0 Å². The molecular weight excluding hydrogens is 418 g/mol. The fourth-order valence-electron chi connectivity index (χ4n) is 3.77. The summed E-state index contributed by atoms with van der Waals surface area (Å²) in [5.74, 6) is 0. The van der Waals surface area contributed by atoms with Crippen molar-refractivity contribution in [1.82, 2.24) is 0 Å². The summed E-state index contributed by atoms with van der Waals surface area (Å²) in [6.07, 6.45) is -2.26. The van der Waals surface area contributed by atoms with Crippen LogP contribution < -0.4 is 0 Å². The van der Waals surface area contributed by atoms with Gasteiger partial charge in [0.15, 0.2) is 6.23 Å². The van der Waals surface area contributed by atoms with Crippen molar-refractivity contribution in [3.05, 3.63) is 118 Å². The number of benzene rings is 3. The van der Waals surface area contributed by atoms with Gasteiger partial charge in [-0.1, -0.05) is 96.1 Å². The highest BCUT2D eigenvalue weighted by atomic mass is 16.6. The lowest BCUT2D eigenvalue weighted by atomic mass is 10.1. The van der Waals surface area contributed by atoms with Gasteiger partial charge in [0, 0.05) is 4.91 Å². The highest BCUT2D eigenvalue weighted by Crippen LogP contribution is 2.30. The maximum absolute atomic E-state index is 9.09. The largest absolute Gasteiger partial charge is 0.374 e. The SMILES string of the molecule is [N-]=[N+]=N[C@@H]1O[C@H](COCc2ccccc2)[C@@H](OCc2ccccc2)[C@@H]1OCc1ccccc1. The van der Waals surface area contributed by atoms with Gasteiger partial charge in [0.25, 0.3) is 0 Å². The van der Waals surface area contributed by atoms with Gasteiger partial charge >= 0.3 is 0 Å². The van der Waals surface area contributed by atoms with Crippen LogP contribution in [0.25, 0.3) is 10.4 Å². The van der Waals surface area contributed by atoms with Crippen molar-refractivity contribution in [2.45, 2.75) is 44.4 Å². The predicted octanol–water partition coefficient (Wildman–Crippen LogP) is 5.41. The summed E-state index contributed by atoms with van der Waals surface area (Å²) in [5.41, 5.74) is 12.2. The highest BCUT2D eigenvalue weighted by Gasteiger charge is 2.46. The molecule has 0 aliphatic carbocycles. The molecule has 33 heavy (non-hydrogen) atoms. The Morgan fingerprint density at radius 3 is 1.70 bits per heavy atom. The molecule has 0 spiro atoms. The van der Waals surface area contributed by atoms with Crippen molar-refractivity contribution in [2.75, 3.05) is 6.61 Å². The van der Waals surface area contributed by atoms with Crippen molar-refractivity contribution < 1.29 is 18.9 Å². The van der Waals surface area contributed by atoms with Crippen LogP contribution in [0.5, 0.6) is 0 Å². The molecule has 0 N–H and O–H groups in total. The highest BCUT2D eigenvalue weighted by molar-refractivity contribution is 5.15. The summed E-state index contributed by atoms with van der Waals surface area (Å²) < 4.78 is 24.4. The Balaban J connectivity index is 1.46. The van der Waals surface area contributed by atoms with E-state index in [0.717, 1.165) is 16.7 Å². The van der Waals surface area contributed by atoms with Crippen molar-refractivity contribution in [3.8, 4) is 0 Å². The Bertz CT molecular complexity index is 1010. The molecule has 1 fully saturated rings. The molecule has 4 atom stereocenters. The average Bonchev–Trinajstić information content (AvgIpc) is 3.19. The first-order valence-corrected chi connectivity index (χ1v) is 11.0. The minimum atomic E-state index is -0.801. The van der Waals surface area contributed by atoms with E-state index in [4.69, 9.17) is 24.5 Å². The summed E-state index contributed by atoms with van der Waals surface area (Å²) in [5, 5.41) is 3.84. The summed E-state index contributed by atoms with van der Waals surface area (Å²) in [4.78, 5) is 2.96. The van der Waals surface area contributed by atoms with E-state index >= 15 is 0 Å². The zero-order valence-corrected chi connectivity index (χ0v) is 18.3. The van der Waals surface area contributed by atoms with Crippen LogP contribution >= 0.6 is 0 Å². The fraction of sp³-hybridized carbons (Fsp3) is 0.308. The van der Waals surface area contributed by atoms with Crippen molar-refractivity contribution in [1.29, 1.82) is 0 Å². The molecule has 7 heteroatoms. The molecule has 0 unspecified atom stereocenters. The molecule has 0 bridgehead atoms. The number of hydrogen-bond donors (Lipinski definition) is 0. The van der Waals surface area contributed by atoms with Crippen LogP contribution in [0.1, 0.15) is 16.7 Å². The molecule has 3 aromatic rings. The van der Waals surface area contributed by atoms with Gasteiger partial charge in [0.05, 0.1) is 26.4 Å². The van der Waals surface area contributed by atoms with Crippen LogP contribution in [0.3, 0.4) is 0 Å². The van der Waals surface area contributed by atoms with Gasteiger partial charge in [-0.3, -0.25) is 0 Å². The van der Waals surface area contributed by atoms with Crippen LogP contribution in [0.4, 0.5) is 0 Å². The van der Waals surface area contributed by atoms with E-state index in [9.17, 15) is 0 Å². The standard InChI is InChI=1S/C26H27N3O4/c27-29-28-26-25(32-18-22-14-8-3-9-15-22)24(31-17-21-12-6-2-7-13-21)23(33-26)19-30-16-20-10-4-1-5-11-20/h1-15,23-26H,16-19H2/t23-,24-,25+,26-/m1/s1. The predicted molar refractivity (Wildman–Crippen MR) is 124 cm³/mol. The molecule has 0 radical (unpaired) electrons. The minimum absolute atomic E-state index is 0.289. The smallest absolute Gasteiger partial charge is 0.165 e. The summed E-state index contributed by atoms with van der Waals surface area (Å²) in [7, 11) is 0. The van der Waals surface area contributed by atoms with Gasteiger partial charge in [-0.25, -0.2) is 0 Å². The molecule has 0 saturated carbocycles. The molecule has 1 aliphatic rings. The molecule has 4 rings (SSSR count). The third-order valence-electron chi connectivity index (χ3n) is 5.42.